The van der Waals surface area contributed by atoms with Crippen LogP contribution in [-0.4, -0.2) is 17.2 Å². The lowest BCUT2D eigenvalue weighted by Crippen LogP contribution is -2.40. The van der Waals surface area contributed by atoms with Crippen molar-refractivity contribution in [3.05, 3.63) is 71.8 Å². The van der Waals surface area contributed by atoms with Crippen LogP contribution < -0.4 is 5.32 Å². The molecule has 1 heterocycles. The van der Waals surface area contributed by atoms with Crippen LogP contribution in [0.1, 0.15) is 24.0 Å². The smallest absolute Gasteiger partial charge is 0.0727 e. The highest BCUT2D eigenvalue weighted by atomic mass is 32.2. The van der Waals surface area contributed by atoms with Gasteiger partial charge in [0.1, 0.15) is 0 Å². The molecule has 0 saturated carbocycles. The Morgan fingerprint density at radius 2 is 1.47 bits per heavy atom. The average Bonchev–Trinajstić information content (AvgIpc) is 2.89. The van der Waals surface area contributed by atoms with Gasteiger partial charge in [-0.15, -0.1) is 11.8 Å². The average molecular weight is 269 g/mol. The van der Waals surface area contributed by atoms with Crippen molar-refractivity contribution in [2.75, 3.05) is 12.3 Å². The SMILES string of the molecule is CC1(C(c2ccccc2)c2ccccc2)NCCS1. The van der Waals surface area contributed by atoms with Gasteiger partial charge < -0.3 is 5.32 Å². The Hall–Kier alpha value is -1.25. The van der Waals surface area contributed by atoms with E-state index in [0.29, 0.717) is 5.92 Å². The first-order chi connectivity index (χ1) is 9.30. The monoisotopic (exact) mass is 269 g/mol. The maximum atomic E-state index is 3.69. The highest BCUT2D eigenvalue weighted by Crippen LogP contribution is 2.43. The third kappa shape index (κ3) is 2.56. The van der Waals surface area contributed by atoms with Gasteiger partial charge in [-0.25, -0.2) is 0 Å². The van der Waals surface area contributed by atoms with E-state index in [1.165, 1.54) is 16.9 Å². The molecule has 2 heteroatoms. The van der Waals surface area contributed by atoms with Gasteiger partial charge in [0.2, 0.25) is 0 Å². The van der Waals surface area contributed by atoms with E-state index in [4.69, 9.17) is 0 Å². The molecule has 19 heavy (non-hydrogen) atoms. The van der Waals surface area contributed by atoms with E-state index in [2.05, 4.69) is 72.9 Å². The summed E-state index contributed by atoms with van der Waals surface area (Å²) in [6, 6.07) is 21.7. The van der Waals surface area contributed by atoms with Crippen molar-refractivity contribution >= 4 is 11.8 Å². The highest BCUT2D eigenvalue weighted by Gasteiger charge is 2.39. The summed E-state index contributed by atoms with van der Waals surface area (Å²) in [5.41, 5.74) is 2.77. The molecule has 1 unspecified atom stereocenters. The van der Waals surface area contributed by atoms with Gasteiger partial charge in [-0.05, 0) is 18.1 Å². The standard InChI is InChI=1S/C17H19NS/c1-17(18-12-13-19-17)16(14-8-4-2-5-9-14)15-10-6-3-7-11-15/h2-11,16,18H,12-13H2,1H3. The molecule has 0 radical (unpaired) electrons. The molecule has 3 rings (SSSR count). The molecule has 0 spiro atoms. The van der Waals surface area contributed by atoms with Crippen molar-refractivity contribution in [3.8, 4) is 0 Å². The molecule has 1 fully saturated rings. The van der Waals surface area contributed by atoms with E-state index < -0.39 is 0 Å². The number of benzene rings is 2. The van der Waals surface area contributed by atoms with E-state index in [-0.39, 0.29) is 4.87 Å². The summed E-state index contributed by atoms with van der Waals surface area (Å²) in [5, 5.41) is 3.69. The Labute approximate surface area is 119 Å². The summed E-state index contributed by atoms with van der Waals surface area (Å²) in [6.45, 7) is 3.42. The Morgan fingerprint density at radius 1 is 0.947 bits per heavy atom. The summed E-state index contributed by atoms with van der Waals surface area (Å²) < 4.78 is 0. The molecule has 1 aliphatic heterocycles. The summed E-state index contributed by atoms with van der Waals surface area (Å²) in [7, 11) is 0. The van der Waals surface area contributed by atoms with Gasteiger partial charge in [0.25, 0.3) is 0 Å². The second kappa shape index (κ2) is 5.40. The molecule has 1 aliphatic rings. The van der Waals surface area contributed by atoms with E-state index in [1.54, 1.807) is 0 Å². The van der Waals surface area contributed by atoms with E-state index in [1.807, 2.05) is 11.8 Å². The molecule has 98 valence electrons. The number of nitrogens with one attached hydrogen (secondary N) is 1. The summed E-state index contributed by atoms with van der Waals surface area (Å²) >= 11 is 2.03. The van der Waals surface area contributed by atoms with E-state index in [9.17, 15) is 0 Å². The molecule has 0 amide bonds. The minimum absolute atomic E-state index is 0.0860. The number of rotatable bonds is 3. The summed E-state index contributed by atoms with van der Waals surface area (Å²) in [4.78, 5) is 0.0860. The zero-order chi connectivity index (χ0) is 13.1. The zero-order valence-corrected chi connectivity index (χ0v) is 12.0. The quantitative estimate of drug-likeness (QED) is 0.907. The Balaban J connectivity index is 2.06. The van der Waals surface area contributed by atoms with Gasteiger partial charge in [0.05, 0.1) is 4.87 Å². The second-order valence-electron chi connectivity index (χ2n) is 5.14. The Bertz CT molecular complexity index is 478. The number of thioether (sulfide) groups is 1. The molecule has 2 aromatic carbocycles. The first kappa shape index (κ1) is 12.8. The summed E-state index contributed by atoms with van der Waals surface area (Å²) in [5.74, 6) is 1.58. The number of hydrogen-bond donors (Lipinski definition) is 1. The van der Waals surface area contributed by atoms with Crippen LogP contribution in [0.25, 0.3) is 0 Å². The fraction of sp³-hybridized carbons (Fsp3) is 0.294. The second-order valence-corrected chi connectivity index (χ2v) is 6.68. The topological polar surface area (TPSA) is 12.0 Å². The first-order valence-corrected chi connectivity index (χ1v) is 7.77. The Morgan fingerprint density at radius 3 is 1.89 bits per heavy atom. The molecule has 0 aliphatic carbocycles. The highest BCUT2D eigenvalue weighted by molar-refractivity contribution is 8.00. The van der Waals surface area contributed by atoms with Crippen molar-refractivity contribution in [2.24, 2.45) is 0 Å². The lowest BCUT2D eigenvalue weighted by molar-refractivity contribution is 0.489. The molecule has 0 aromatic heterocycles. The van der Waals surface area contributed by atoms with Crippen LogP contribution in [0.15, 0.2) is 60.7 Å². The lowest BCUT2D eigenvalue weighted by Gasteiger charge is -2.34. The van der Waals surface area contributed by atoms with Crippen molar-refractivity contribution in [1.82, 2.24) is 5.32 Å². The lowest BCUT2D eigenvalue weighted by atomic mass is 9.85. The fourth-order valence-corrected chi connectivity index (χ4v) is 4.19. The van der Waals surface area contributed by atoms with Gasteiger partial charge in [0, 0.05) is 18.2 Å². The van der Waals surface area contributed by atoms with Gasteiger partial charge >= 0.3 is 0 Å². The molecule has 0 bridgehead atoms. The van der Waals surface area contributed by atoms with Crippen LogP contribution >= 0.6 is 11.8 Å². The third-order valence-electron chi connectivity index (χ3n) is 3.80. The third-order valence-corrected chi connectivity index (χ3v) is 5.18. The van der Waals surface area contributed by atoms with Crippen LogP contribution in [0.2, 0.25) is 0 Å². The molecular weight excluding hydrogens is 250 g/mol. The Kier molecular flexibility index (Phi) is 3.63. The normalized spacial score (nSPS) is 22.8. The van der Waals surface area contributed by atoms with Crippen molar-refractivity contribution in [2.45, 2.75) is 17.7 Å². The maximum absolute atomic E-state index is 3.69. The molecule has 1 saturated heterocycles. The van der Waals surface area contributed by atoms with Gasteiger partial charge in [-0.1, -0.05) is 60.7 Å². The molecule has 1 atom stereocenters. The minimum atomic E-state index is 0.0860. The zero-order valence-electron chi connectivity index (χ0n) is 11.2. The van der Waals surface area contributed by atoms with Gasteiger partial charge in [-0.2, -0.15) is 0 Å². The van der Waals surface area contributed by atoms with Gasteiger partial charge in [0.15, 0.2) is 0 Å². The van der Waals surface area contributed by atoms with Crippen molar-refractivity contribution in [3.63, 3.8) is 0 Å². The minimum Gasteiger partial charge on any atom is -0.301 e. The van der Waals surface area contributed by atoms with Crippen molar-refractivity contribution in [1.29, 1.82) is 0 Å². The van der Waals surface area contributed by atoms with Crippen molar-refractivity contribution < 1.29 is 0 Å². The molecular formula is C17H19NS. The van der Waals surface area contributed by atoms with E-state index in [0.717, 1.165) is 6.54 Å². The maximum Gasteiger partial charge on any atom is 0.0727 e. The first-order valence-electron chi connectivity index (χ1n) is 6.78. The summed E-state index contributed by atoms with van der Waals surface area (Å²) in [6.07, 6.45) is 0. The van der Waals surface area contributed by atoms with E-state index >= 15 is 0 Å². The molecule has 1 nitrogen and oxygen atoms in total. The van der Waals surface area contributed by atoms with Crippen LogP contribution in [0, 0.1) is 0 Å². The predicted octanol–water partition coefficient (Wildman–Crippen LogP) is 3.87. The van der Waals surface area contributed by atoms with Crippen LogP contribution in [0.4, 0.5) is 0 Å². The van der Waals surface area contributed by atoms with Crippen LogP contribution in [0.3, 0.4) is 0 Å². The van der Waals surface area contributed by atoms with Gasteiger partial charge in [-0.3, -0.25) is 0 Å². The van der Waals surface area contributed by atoms with Crippen LogP contribution in [-0.2, 0) is 0 Å². The number of hydrogen-bond acceptors (Lipinski definition) is 2. The fourth-order valence-electron chi connectivity index (χ4n) is 2.92. The predicted molar refractivity (Wildman–Crippen MR) is 83.6 cm³/mol. The largest absolute Gasteiger partial charge is 0.301 e. The molecule has 2 aromatic rings. The van der Waals surface area contributed by atoms with Crippen LogP contribution in [0.5, 0.6) is 0 Å². The molecule has 1 N–H and O–H groups in total.